The zero-order chi connectivity index (χ0) is 18.2. The Morgan fingerprint density at radius 2 is 1.88 bits per heavy atom. The first-order valence-electron chi connectivity index (χ1n) is 7.27. The molecule has 0 bridgehead atoms. The van der Waals surface area contributed by atoms with Gasteiger partial charge in [0.15, 0.2) is 11.3 Å². The maximum absolute atomic E-state index is 12.9. The first kappa shape index (κ1) is 16.6. The summed E-state index contributed by atoms with van der Waals surface area (Å²) in [5.41, 5.74) is -1.45. The van der Waals surface area contributed by atoms with Crippen molar-refractivity contribution in [1.82, 2.24) is 5.12 Å². The lowest BCUT2D eigenvalue weighted by molar-refractivity contribution is -0.132. The molecule has 0 radical (unpaired) electrons. The molecule has 2 aliphatic heterocycles. The highest BCUT2D eigenvalue weighted by Gasteiger charge is 2.61. The molecule has 0 aromatic heterocycles. The number of ether oxygens (including phenoxy) is 2. The fourth-order valence-electron chi connectivity index (χ4n) is 2.93. The zero-order valence-electron chi connectivity index (χ0n) is 13.5. The van der Waals surface area contributed by atoms with E-state index in [1.54, 1.807) is 24.3 Å². The Morgan fingerprint density at radius 3 is 2.44 bits per heavy atom. The Kier molecular flexibility index (Phi) is 3.95. The number of carbonyl (C=O) groups excluding carboxylic acids is 3. The van der Waals surface area contributed by atoms with Crippen LogP contribution < -0.4 is 9.64 Å². The molecular weight excluding hydrogens is 332 g/mol. The number of amides is 2. The van der Waals surface area contributed by atoms with Crippen molar-refractivity contribution in [3.05, 3.63) is 29.2 Å². The molecule has 2 amide bonds. The van der Waals surface area contributed by atoms with E-state index in [-0.39, 0.29) is 18.6 Å². The van der Waals surface area contributed by atoms with Gasteiger partial charge >= 0.3 is 5.97 Å². The van der Waals surface area contributed by atoms with E-state index < -0.39 is 23.3 Å². The van der Waals surface area contributed by atoms with Crippen LogP contribution in [0.1, 0.15) is 12.8 Å². The highest BCUT2D eigenvalue weighted by Crippen LogP contribution is 2.40. The fraction of sp³-hybridized carbons (Fsp3) is 0.333. The van der Waals surface area contributed by atoms with Gasteiger partial charge in [-0.2, -0.15) is 0 Å². The number of nitrogens with zero attached hydrogens (tertiary/aromatic N) is 4. The summed E-state index contributed by atoms with van der Waals surface area (Å²) in [6.07, 6.45) is -0.559. The lowest BCUT2D eigenvalue weighted by atomic mass is 9.92. The van der Waals surface area contributed by atoms with Crippen LogP contribution >= 0.6 is 0 Å². The first-order valence-corrected chi connectivity index (χ1v) is 7.27. The second kappa shape index (κ2) is 5.96. The van der Waals surface area contributed by atoms with E-state index in [4.69, 9.17) is 4.74 Å². The summed E-state index contributed by atoms with van der Waals surface area (Å²) in [6.45, 7) is 0. The van der Waals surface area contributed by atoms with Crippen LogP contribution in [0.15, 0.2) is 34.7 Å². The van der Waals surface area contributed by atoms with E-state index in [1.807, 2.05) is 0 Å². The topological polar surface area (TPSA) is 118 Å². The van der Waals surface area contributed by atoms with Crippen molar-refractivity contribution < 1.29 is 23.9 Å². The quantitative estimate of drug-likeness (QED) is 0.445. The number of benzene rings is 1. The third-order valence-electron chi connectivity index (χ3n) is 4.18. The van der Waals surface area contributed by atoms with Crippen molar-refractivity contribution in [3.8, 4) is 5.75 Å². The molecule has 130 valence electrons. The SMILES string of the molecule is COC(=O)C1=NN(N=O)[C@@]2(CC(=O)N(c3ccc(OC)cc3)C2=O)C1. The number of esters is 1. The summed E-state index contributed by atoms with van der Waals surface area (Å²) in [6, 6.07) is 6.29. The molecular formula is C15H14N4O6. The molecule has 3 rings (SSSR count). The number of hydrogen-bond acceptors (Lipinski definition) is 8. The maximum atomic E-state index is 12.9. The molecule has 0 unspecified atom stereocenters. The highest BCUT2D eigenvalue weighted by molar-refractivity contribution is 6.39. The third kappa shape index (κ3) is 2.42. The van der Waals surface area contributed by atoms with E-state index in [2.05, 4.69) is 15.1 Å². The monoisotopic (exact) mass is 346 g/mol. The van der Waals surface area contributed by atoms with Crippen LogP contribution in [-0.4, -0.2) is 48.4 Å². The molecule has 1 saturated heterocycles. The lowest BCUT2D eigenvalue weighted by Crippen LogP contribution is -2.48. The summed E-state index contributed by atoms with van der Waals surface area (Å²) in [5.74, 6) is -1.42. The van der Waals surface area contributed by atoms with Crippen molar-refractivity contribution in [2.45, 2.75) is 18.4 Å². The highest BCUT2D eigenvalue weighted by atomic mass is 16.5. The van der Waals surface area contributed by atoms with E-state index in [0.717, 1.165) is 12.0 Å². The van der Waals surface area contributed by atoms with Gasteiger partial charge in [0.2, 0.25) is 5.91 Å². The maximum Gasteiger partial charge on any atom is 0.354 e. The van der Waals surface area contributed by atoms with E-state index in [0.29, 0.717) is 16.6 Å². The standard InChI is InChI=1S/C15H14N4O6/c1-24-10-5-3-9(4-6-10)18-12(20)8-15(14(18)22)7-11(13(21)25-2)16-19(15)17-23/h3-6H,7-8H2,1-2H3/t15-/m1/s1. The molecule has 10 nitrogen and oxygen atoms in total. The van der Waals surface area contributed by atoms with Crippen LogP contribution in [0.4, 0.5) is 5.69 Å². The molecule has 1 spiro atoms. The molecule has 1 aromatic rings. The van der Waals surface area contributed by atoms with Crippen LogP contribution in [0.5, 0.6) is 5.75 Å². The number of rotatable bonds is 4. The normalized spacial score (nSPS) is 22.4. The fourth-order valence-corrected chi connectivity index (χ4v) is 2.93. The van der Waals surface area contributed by atoms with Crippen molar-refractivity contribution in [1.29, 1.82) is 0 Å². The Morgan fingerprint density at radius 1 is 1.20 bits per heavy atom. The smallest absolute Gasteiger partial charge is 0.354 e. The number of carbonyl (C=O) groups is 3. The lowest BCUT2D eigenvalue weighted by Gasteiger charge is -2.24. The molecule has 0 aliphatic carbocycles. The average Bonchev–Trinajstić information content (AvgIpc) is 3.12. The molecule has 0 N–H and O–H groups in total. The molecule has 10 heteroatoms. The van der Waals surface area contributed by atoms with Gasteiger partial charge in [-0.25, -0.2) is 9.69 Å². The molecule has 0 saturated carbocycles. The summed E-state index contributed by atoms with van der Waals surface area (Å²) in [5, 5.41) is 7.01. The van der Waals surface area contributed by atoms with Crippen molar-refractivity contribution in [2.24, 2.45) is 10.4 Å². The Labute approximate surface area is 141 Å². The van der Waals surface area contributed by atoms with Gasteiger partial charge in [-0.3, -0.25) is 9.59 Å². The minimum atomic E-state index is -1.64. The van der Waals surface area contributed by atoms with Crippen LogP contribution in [0.2, 0.25) is 0 Å². The summed E-state index contributed by atoms with van der Waals surface area (Å²) in [4.78, 5) is 49.1. The van der Waals surface area contributed by atoms with Crippen LogP contribution in [0, 0.1) is 4.91 Å². The van der Waals surface area contributed by atoms with Crippen molar-refractivity contribution in [2.75, 3.05) is 19.1 Å². The van der Waals surface area contributed by atoms with Crippen LogP contribution in [0.3, 0.4) is 0 Å². The number of methoxy groups -OCH3 is 2. The molecule has 2 heterocycles. The Hall–Kier alpha value is -3.30. The van der Waals surface area contributed by atoms with Crippen LogP contribution in [-0.2, 0) is 19.1 Å². The van der Waals surface area contributed by atoms with Gasteiger partial charge in [-0.05, 0) is 24.3 Å². The number of anilines is 1. The summed E-state index contributed by atoms with van der Waals surface area (Å²) >= 11 is 0. The summed E-state index contributed by atoms with van der Waals surface area (Å²) in [7, 11) is 2.65. The van der Waals surface area contributed by atoms with E-state index >= 15 is 0 Å². The summed E-state index contributed by atoms with van der Waals surface area (Å²) < 4.78 is 9.61. The van der Waals surface area contributed by atoms with Gasteiger partial charge in [0.1, 0.15) is 5.75 Å². The molecule has 25 heavy (non-hydrogen) atoms. The average molecular weight is 346 g/mol. The van der Waals surface area contributed by atoms with E-state index in [1.165, 1.54) is 7.11 Å². The minimum absolute atomic E-state index is 0.139. The van der Waals surface area contributed by atoms with E-state index in [9.17, 15) is 19.3 Å². The second-order valence-electron chi connectivity index (χ2n) is 5.53. The molecule has 2 aliphatic rings. The number of hydrazone groups is 1. The van der Waals surface area contributed by atoms with Gasteiger partial charge in [-0.1, -0.05) is 0 Å². The molecule has 1 aromatic carbocycles. The predicted octanol–water partition coefficient (Wildman–Crippen LogP) is 0.613. The number of imide groups is 1. The molecule has 1 atom stereocenters. The van der Waals surface area contributed by atoms with Gasteiger partial charge < -0.3 is 9.47 Å². The minimum Gasteiger partial charge on any atom is -0.497 e. The first-order chi connectivity index (χ1) is 12.0. The predicted molar refractivity (Wildman–Crippen MR) is 84.5 cm³/mol. The Balaban J connectivity index is 1.95. The zero-order valence-corrected chi connectivity index (χ0v) is 13.5. The van der Waals surface area contributed by atoms with Gasteiger partial charge in [-0.15, -0.1) is 15.1 Å². The van der Waals surface area contributed by atoms with Gasteiger partial charge in [0, 0.05) is 6.42 Å². The van der Waals surface area contributed by atoms with Gasteiger partial charge in [0.25, 0.3) is 5.91 Å². The largest absolute Gasteiger partial charge is 0.497 e. The number of nitroso groups, excluding NO2 is 1. The third-order valence-corrected chi connectivity index (χ3v) is 4.18. The van der Waals surface area contributed by atoms with Crippen LogP contribution in [0.25, 0.3) is 0 Å². The van der Waals surface area contributed by atoms with Crippen molar-refractivity contribution >= 4 is 29.2 Å². The Bertz CT molecular complexity index is 790. The van der Waals surface area contributed by atoms with Crippen molar-refractivity contribution in [3.63, 3.8) is 0 Å². The molecule has 1 fully saturated rings. The number of hydrogen-bond donors (Lipinski definition) is 0. The second-order valence-corrected chi connectivity index (χ2v) is 5.53. The van der Waals surface area contributed by atoms with Gasteiger partial charge in [0.05, 0.1) is 31.6 Å².